The standard InChI is InChI=1S/C47H58N2O10S/c1-11-55-44(51)39(60-35-15-13-12-14-16-35)23-32-17-19-34(20-18-32)56-26-40(50)48-41-37(49(9)45(52)53)24-33(46(5,6)7)25-38(41)57-27-47(8)22-21-36-31(4)42(58-28-54-10)29(2)30(3)43(36)59-47/h12-20,24-25,39H,11,21-23,26-28H2,1-10H3,(H,48,50)(H,52,53). The summed E-state index contributed by atoms with van der Waals surface area (Å²) >= 11 is 1.45. The third-order valence-electron chi connectivity index (χ3n) is 10.6. The van der Waals surface area contributed by atoms with E-state index in [2.05, 4.69) is 5.32 Å². The van der Waals surface area contributed by atoms with E-state index >= 15 is 0 Å². The SMILES string of the molecule is CCOC(=O)C(Cc1ccc(OCC(=O)Nc2c(OCC3(C)CCc4c(C)c(OCOC)c(C)c(C)c4O3)cc(C(C)(C)C)cc2N(C)C(=O)O)cc1)Sc1ccccc1. The molecule has 0 spiro atoms. The molecule has 0 aromatic heterocycles. The zero-order chi connectivity index (χ0) is 43.8. The van der Waals surface area contributed by atoms with Gasteiger partial charge >= 0.3 is 12.1 Å². The highest BCUT2D eigenvalue weighted by Crippen LogP contribution is 2.45. The second-order valence-corrected chi connectivity index (χ2v) is 17.5. The fourth-order valence-corrected chi connectivity index (χ4v) is 8.00. The Labute approximate surface area is 357 Å². The van der Waals surface area contributed by atoms with Gasteiger partial charge in [0.2, 0.25) is 0 Å². The van der Waals surface area contributed by atoms with Crippen molar-refractivity contribution in [2.24, 2.45) is 0 Å². The van der Waals surface area contributed by atoms with Crippen molar-refractivity contribution < 1.29 is 47.9 Å². The molecule has 1 heterocycles. The number of nitrogens with one attached hydrogen (secondary N) is 1. The normalized spacial score (nSPS) is 15.2. The van der Waals surface area contributed by atoms with Gasteiger partial charge in [-0.05, 0) is 124 Å². The summed E-state index contributed by atoms with van der Waals surface area (Å²) in [6, 6.07) is 20.5. The molecule has 13 heteroatoms. The highest BCUT2D eigenvalue weighted by molar-refractivity contribution is 8.00. The molecule has 322 valence electrons. The number of hydrogen-bond donors (Lipinski definition) is 2. The number of ether oxygens (including phenoxy) is 6. The van der Waals surface area contributed by atoms with E-state index in [-0.39, 0.29) is 49.4 Å². The molecule has 2 N–H and O–H groups in total. The summed E-state index contributed by atoms with van der Waals surface area (Å²) < 4.78 is 35.7. The number of nitrogens with zero attached hydrogens (tertiary/aromatic N) is 1. The summed E-state index contributed by atoms with van der Waals surface area (Å²) in [5.41, 5.74) is 5.04. The second-order valence-electron chi connectivity index (χ2n) is 16.2. The largest absolute Gasteiger partial charge is 0.487 e. The smallest absolute Gasteiger partial charge is 0.411 e. The van der Waals surface area contributed by atoms with E-state index < -0.39 is 22.9 Å². The second kappa shape index (κ2) is 19.8. The van der Waals surface area contributed by atoms with Gasteiger partial charge in [0.05, 0.1) is 12.3 Å². The van der Waals surface area contributed by atoms with Crippen molar-refractivity contribution >= 4 is 41.1 Å². The summed E-state index contributed by atoms with van der Waals surface area (Å²) in [6.07, 6.45) is 0.589. The molecule has 0 saturated carbocycles. The molecule has 1 aliphatic rings. The fourth-order valence-electron chi connectivity index (χ4n) is 6.92. The summed E-state index contributed by atoms with van der Waals surface area (Å²) in [5, 5.41) is 12.6. The van der Waals surface area contributed by atoms with Gasteiger partial charge in [-0.25, -0.2) is 4.79 Å². The monoisotopic (exact) mass is 842 g/mol. The lowest BCUT2D eigenvalue weighted by atomic mass is 9.86. The average Bonchev–Trinajstić information content (AvgIpc) is 3.21. The lowest BCUT2D eigenvalue weighted by Crippen LogP contribution is -2.42. The number of carbonyl (C=O) groups excluding carboxylic acids is 2. The maximum Gasteiger partial charge on any atom is 0.411 e. The van der Waals surface area contributed by atoms with Gasteiger partial charge in [0.15, 0.2) is 13.4 Å². The number of anilines is 2. The van der Waals surface area contributed by atoms with Crippen LogP contribution in [0, 0.1) is 20.8 Å². The molecule has 0 fully saturated rings. The van der Waals surface area contributed by atoms with E-state index in [1.807, 2.05) is 97.0 Å². The molecular formula is C47H58N2O10S. The first-order chi connectivity index (χ1) is 28.4. The van der Waals surface area contributed by atoms with Gasteiger partial charge in [0.25, 0.3) is 5.91 Å². The van der Waals surface area contributed by atoms with E-state index in [0.717, 1.165) is 61.1 Å². The number of carbonyl (C=O) groups is 3. The van der Waals surface area contributed by atoms with Crippen molar-refractivity contribution in [3.63, 3.8) is 0 Å². The molecule has 1 aliphatic heterocycles. The number of methoxy groups -OCH3 is 1. The number of thioether (sulfide) groups is 1. The van der Waals surface area contributed by atoms with Gasteiger partial charge in [0.1, 0.15) is 46.1 Å². The van der Waals surface area contributed by atoms with Gasteiger partial charge in [-0.15, -0.1) is 11.8 Å². The molecule has 2 amide bonds. The van der Waals surface area contributed by atoms with Crippen molar-refractivity contribution in [3.8, 4) is 23.0 Å². The van der Waals surface area contributed by atoms with Gasteiger partial charge < -0.3 is 38.8 Å². The van der Waals surface area contributed by atoms with E-state index in [1.54, 1.807) is 32.2 Å². The fraction of sp³-hybridized carbons (Fsp3) is 0.426. The molecule has 0 radical (unpaired) electrons. The van der Waals surface area contributed by atoms with Gasteiger partial charge in [-0.1, -0.05) is 51.1 Å². The Balaban J connectivity index is 1.35. The average molecular weight is 843 g/mol. The van der Waals surface area contributed by atoms with Gasteiger partial charge in [-0.3, -0.25) is 14.5 Å². The number of amides is 2. The quantitative estimate of drug-likeness (QED) is 0.0597. The third kappa shape index (κ3) is 11.2. The molecule has 5 rings (SSSR count). The van der Waals surface area contributed by atoms with Crippen LogP contribution in [0.1, 0.15) is 74.4 Å². The zero-order valence-electron chi connectivity index (χ0n) is 36.4. The van der Waals surface area contributed by atoms with Crippen LogP contribution >= 0.6 is 11.8 Å². The highest BCUT2D eigenvalue weighted by atomic mass is 32.2. The molecule has 4 aromatic carbocycles. The van der Waals surface area contributed by atoms with Crippen molar-refractivity contribution in [1.29, 1.82) is 0 Å². The predicted molar refractivity (Wildman–Crippen MR) is 235 cm³/mol. The molecule has 2 atom stereocenters. The maximum absolute atomic E-state index is 13.6. The summed E-state index contributed by atoms with van der Waals surface area (Å²) in [7, 11) is 3.02. The first-order valence-corrected chi connectivity index (χ1v) is 20.9. The van der Waals surface area contributed by atoms with Crippen LogP contribution in [0.5, 0.6) is 23.0 Å². The zero-order valence-corrected chi connectivity index (χ0v) is 37.2. The molecule has 4 aromatic rings. The van der Waals surface area contributed by atoms with Crippen molar-refractivity contribution in [2.75, 3.05) is 51.0 Å². The molecule has 2 unspecified atom stereocenters. The van der Waals surface area contributed by atoms with E-state index in [1.165, 1.54) is 18.8 Å². The number of esters is 1. The molecule has 0 bridgehead atoms. The number of fused-ring (bicyclic) bond motifs is 1. The lowest BCUT2D eigenvalue weighted by molar-refractivity contribution is -0.142. The maximum atomic E-state index is 13.6. The minimum Gasteiger partial charge on any atom is -0.487 e. The Morgan fingerprint density at radius 2 is 1.67 bits per heavy atom. The van der Waals surface area contributed by atoms with Crippen LogP contribution in [0.2, 0.25) is 0 Å². The number of carboxylic acid groups (broad SMARTS) is 1. The van der Waals surface area contributed by atoms with Crippen molar-refractivity contribution in [3.05, 3.63) is 100 Å². The van der Waals surface area contributed by atoms with Crippen LogP contribution < -0.4 is 29.2 Å². The van der Waals surface area contributed by atoms with Crippen molar-refractivity contribution in [1.82, 2.24) is 0 Å². The first-order valence-electron chi connectivity index (χ1n) is 20.1. The third-order valence-corrected chi connectivity index (χ3v) is 11.8. The summed E-state index contributed by atoms with van der Waals surface area (Å²) in [4.78, 5) is 40.9. The first kappa shape index (κ1) is 45.7. The predicted octanol–water partition coefficient (Wildman–Crippen LogP) is 9.45. The Kier molecular flexibility index (Phi) is 15.1. The number of rotatable bonds is 17. The summed E-state index contributed by atoms with van der Waals surface area (Å²) in [5.74, 6) is 1.53. The minimum atomic E-state index is -1.21. The molecule has 60 heavy (non-hydrogen) atoms. The Bertz CT molecular complexity index is 2150. The molecule has 12 nitrogen and oxygen atoms in total. The van der Waals surface area contributed by atoms with Crippen LogP contribution in [-0.4, -0.2) is 74.7 Å². The molecule has 0 aliphatic carbocycles. The van der Waals surface area contributed by atoms with Crippen LogP contribution in [-0.2, 0) is 37.3 Å². The Morgan fingerprint density at radius 3 is 2.30 bits per heavy atom. The summed E-state index contributed by atoms with van der Waals surface area (Å²) in [6.45, 7) is 16.1. The number of hydrogen-bond acceptors (Lipinski definition) is 10. The number of benzene rings is 4. The van der Waals surface area contributed by atoms with Gasteiger partial charge in [0, 0.05) is 24.6 Å². The highest BCUT2D eigenvalue weighted by Gasteiger charge is 2.37. The van der Waals surface area contributed by atoms with Crippen LogP contribution in [0.4, 0.5) is 16.2 Å². The van der Waals surface area contributed by atoms with Gasteiger partial charge in [-0.2, -0.15) is 0 Å². The minimum absolute atomic E-state index is 0.113. The molecular weight excluding hydrogens is 785 g/mol. The lowest BCUT2D eigenvalue weighted by Gasteiger charge is -2.38. The van der Waals surface area contributed by atoms with Crippen molar-refractivity contribution in [2.45, 2.75) is 95.8 Å². The Hall–Kier alpha value is -5.40. The van der Waals surface area contributed by atoms with E-state index in [0.29, 0.717) is 24.3 Å². The Morgan fingerprint density at radius 1 is 0.967 bits per heavy atom. The van der Waals surface area contributed by atoms with Crippen LogP contribution in [0.3, 0.4) is 0 Å². The topological polar surface area (TPSA) is 142 Å². The molecule has 0 saturated heterocycles. The van der Waals surface area contributed by atoms with Crippen LogP contribution in [0.15, 0.2) is 71.6 Å². The van der Waals surface area contributed by atoms with E-state index in [4.69, 9.17) is 28.4 Å². The van der Waals surface area contributed by atoms with E-state index in [9.17, 15) is 19.5 Å². The van der Waals surface area contributed by atoms with Crippen LogP contribution in [0.25, 0.3) is 0 Å².